The van der Waals surface area contributed by atoms with E-state index in [1.807, 2.05) is 0 Å². The minimum absolute atomic E-state index is 0.0102. The van der Waals surface area contributed by atoms with Gasteiger partial charge in [0.15, 0.2) is 0 Å². The van der Waals surface area contributed by atoms with E-state index in [2.05, 4.69) is 15.5 Å². The first kappa shape index (κ1) is 15.2. The van der Waals surface area contributed by atoms with Crippen LogP contribution in [0.2, 0.25) is 0 Å². The van der Waals surface area contributed by atoms with Crippen molar-refractivity contribution in [2.75, 3.05) is 18.6 Å². The number of nitro groups is 1. The fraction of sp³-hybridized carbons (Fsp3) is 0.200. The third kappa shape index (κ3) is 3.81. The monoisotopic (exact) mass is 283 g/mol. The maximum absolute atomic E-state index is 11.8. The molecular formula is C10H13N5O5. The summed E-state index contributed by atoms with van der Waals surface area (Å²) in [5.74, 6) is 4.46. The minimum atomic E-state index is -0.973. The minimum Gasteiger partial charge on any atom is -0.448 e. The first-order valence-corrected chi connectivity index (χ1v) is 5.41. The number of hydrogen-bond donors (Lipinski definition) is 4. The number of nitrogens with zero attached hydrogens (tertiary/aromatic N) is 1. The van der Waals surface area contributed by atoms with E-state index in [1.54, 1.807) is 0 Å². The summed E-state index contributed by atoms with van der Waals surface area (Å²) in [5.41, 5.74) is 6.29. The second-order valence-electron chi connectivity index (χ2n) is 3.53. The number of carbonyl (C=O) groups excluding carboxylic acids is 2. The van der Waals surface area contributed by atoms with Crippen LogP contribution in [0.5, 0.6) is 0 Å². The summed E-state index contributed by atoms with van der Waals surface area (Å²) in [6.45, 7) is -0.164. The molecule has 0 bridgehead atoms. The molecule has 0 heterocycles. The Morgan fingerprint density at radius 2 is 2.10 bits per heavy atom. The third-order valence-electron chi connectivity index (χ3n) is 2.25. The molecule has 0 spiro atoms. The molecule has 20 heavy (non-hydrogen) atoms. The highest BCUT2D eigenvalue weighted by molar-refractivity contribution is 6.00. The number of hydrogen-bond acceptors (Lipinski definition) is 7. The van der Waals surface area contributed by atoms with E-state index >= 15 is 0 Å². The number of ether oxygens (including phenoxy) is 1. The normalized spacial score (nSPS) is 9.65. The van der Waals surface area contributed by atoms with Gasteiger partial charge in [0.2, 0.25) is 0 Å². The third-order valence-corrected chi connectivity index (χ3v) is 2.25. The lowest BCUT2D eigenvalue weighted by Crippen LogP contribution is -2.29. The zero-order valence-electron chi connectivity index (χ0n) is 10.3. The van der Waals surface area contributed by atoms with Crippen molar-refractivity contribution < 1.29 is 19.2 Å². The van der Waals surface area contributed by atoms with Gasteiger partial charge in [-0.3, -0.25) is 20.8 Å². The Hall–Kier alpha value is -2.88. The highest BCUT2D eigenvalue weighted by Gasteiger charge is 2.23. The van der Waals surface area contributed by atoms with Crippen LogP contribution in [0.3, 0.4) is 0 Å². The Morgan fingerprint density at radius 3 is 2.65 bits per heavy atom. The van der Waals surface area contributed by atoms with E-state index < -0.39 is 22.6 Å². The number of amides is 2. The van der Waals surface area contributed by atoms with Gasteiger partial charge in [-0.25, -0.2) is 4.79 Å². The summed E-state index contributed by atoms with van der Waals surface area (Å²) in [5, 5.41) is 13.3. The number of hydrazine groups is 1. The molecule has 2 amide bonds. The Morgan fingerprint density at radius 1 is 1.40 bits per heavy atom. The second-order valence-corrected chi connectivity index (χ2v) is 3.53. The fourth-order valence-electron chi connectivity index (χ4n) is 1.45. The molecule has 108 valence electrons. The molecule has 0 saturated carbocycles. The average molecular weight is 283 g/mol. The molecule has 0 aliphatic heterocycles. The number of nitrogens with two attached hydrogens (primary N) is 2. The van der Waals surface area contributed by atoms with Crippen molar-refractivity contribution in [1.82, 2.24) is 5.32 Å². The van der Waals surface area contributed by atoms with E-state index in [1.165, 1.54) is 18.2 Å². The van der Waals surface area contributed by atoms with Crippen LogP contribution in [-0.2, 0) is 4.74 Å². The topological polar surface area (TPSA) is 163 Å². The van der Waals surface area contributed by atoms with Gasteiger partial charge in [-0.2, -0.15) is 0 Å². The van der Waals surface area contributed by atoms with Crippen molar-refractivity contribution in [2.24, 2.45) is 11.6 Å². The molecule has 0 unspecified atom stereocenters. The SMILES string of the molecule is NNc1cccc(C(=O)NCCOC(N)=O)c1[N+](=O)[O-]. The summed E-state index contributed by atoms with van der Waals surface area (Å²) in [4.78, 5) is 32.4. The summed E-state index contributed by atoms with van der Waals surface area (Å²) in [6, 6.07) is 4.09. The summed E-state index contributed by atoms with van der Waals surface area (Å²) < 4.78 is 4.41. The Kier molecular flexibility index (Phi) is 5.23. The van der Waals surface area contributed by atoms with Gasteiger partial charge in [-0.1, -0.05) is 6.07 Å². The van der Waals surface area contributed by atoms with E-state index in [0.717, 1.165) is 0 Å². The van der Waals surface area contributed by atoms with Crippen molar-refractivity contribution in [2.45, 2.75) is 0 Å². The molecule has 10 nitrogen and oxygen atoms in total. The van der Waals surface area contributed by atoms with Crippen LogP contribution in [-0.4, -0.2) is 30.1 Å². The standard InChI is InChI=1S/C10H13N5O5/c11-10(17)20-5-4-13-9(16)6-2-1-3-7(14-12)8(6)15(18)19/h1-3,14H,4-5,12H2,(H2,11,17)(H,13,16). The van der Waals surface area contributed by atoms with Gasteiger partial charge in [0.1, 0.15) is 17.9 Å². The van der Waals surface area contributed by atoms with Crippen LogP contribution < -0.4 is 22.3 Å². The molecule has 0 radical (unpaired) electrons. The lowest BCUT2D eigenvalue weighted by Gasteiger charge is -2.08. The van der Waals surface area contributed by atoms with Crippen LogP contribution in [0.25, 0.3) is 0 Å². The molecule has 1 aromatic carbocycles. The molecule has 6 N–H and O–H groups in total. The largest absolute Gasteiger partial charge is 0.448 e. The second kappa shape index (κ2) is 6.89. The lowest BCUT2D eigenvalue weighted by molar-refractivity contribution is -0.384. The Bertz CT molecular complexity index is 533. The molecule has 1 aromatic rings. The van der Waals surface area contributed by atoms with Crippen LogP contribution >= 0.6 is 0 Å². The van der Waals surface area contributed by atoms with E-state index in [0.29, 0.717) is 0 Å². The first-order valence-electron chi connectivity index (χ1n) is 5.41. The van der Waals surface area contributed by atoms with Crippen LogP contribution in [0, 0.1) is 10.1 Å². The van der Waals surface area contributed by atoms with Gasteiger partial charge >= 0.3 is 11.8 Å². The van der Waals surface area contributed by atoms with E-state index in [9.17, 15) is 19.7 Å². The van der Waals surface area contributed by atoms with Crippen molar-refractivity contribution in [1.29, 1.82) is 0 Å². The number of para-hydroxylation sites is 1. The number of nitrogens with one attached hydrogen (secondary N) is 2. The van der Waals surface area contributed by atoms with Crippen LogP contribution in [0.1, 0.15) is 10.4 Å². The number of benzene rings is 1. The summed E-state index contributed by atoms with van der Waals surface area (Å²) in [6.07, 6.45) is -0.973. The number of rotatable bonds is 6. The van der Waals surface area contributed by atoms with Gasteiger partial charge in [-0.05, 0) is 12.1 Å². The molecule has 0 aromatic heterocycles. The van der Waals surface area contributed by atoms with Gasteiger partial charge in [-0.15, -0.1) is 0 Å². The molecule has 1 rings (SSSR count). The highest BCUT2D eigenvalue weighted by Crippen LogP contribution is 2.27. The first-order chi connectivity index (χ1) is 9.47. The summed E-state index contributed by atoms with van der Waals surface area (Å²) in [7, 11) is 0. The maximum Gasteiger partial charge on any atom is 0.404 e. The fourth-order valence-corrected chi connectivity index (χ4v) is 1.45. The zero-order valence-corrected chi connectivity index (χ0v) is 10.3. The molecule has 0 saturated heterocycles. The number of nitrogen functional groups attached to an aromatic ring is 1. The van der Waals surface area contributed by atoms with Gasteiger partial charge in [0.05, 0.1) is 11.5 Å². The predicted molar refractivity (Wildman–Crippen MR) is 68.8 cm³/mol. The Balaban J connectivity index is 2.82. The number of nitro benzene ring substituents is 1. The number of carbonyl (C=O) groups is 2. The molecule has 0 fully saturated rings. The number of anilines is 1. The van der Waals surface area contributed by atoms with Crippen molar-refractivity contribution in [3.05, 3.63) is 33.9 Å². The number of primary amides is 1. The van der Waals surface area contributed by atoms with Crippen molar-refractivity contribution >= 4 is 23.4 Å². The molecule has 0 aliphatic carbocycles. The maximum atomic E-state index is 11.8. The van der Waals surface area contributed by atoms with Crippen LogP contribution in [0.4, 0.5) is 16.2 Å². The highest BCUT2D eigenvalue weighted by atomic mass is 16.6. The average Bonchev–Trinajstić information content (AvgIpc) is 2.41. The van der Waals surface area contributed by atoms with Gasteiger partial charge < -0.3 is 21.2 Å². The Labute approximate surface area is 113 Å². The van der Waals surface area contributed by atoms with Gasteiger partial charge in [0.25, 0.3) is 5.91 Å². The van der Waals surface area contributed by atoms with Crippen LogP contribution in [0.15, 0.2) is 18.2 Å². The zero-order chi connectivity index (χ0) is 15.1. The van der Waals surface area contributed by atoms with Crippen molar-refractivity contribution in [3.8, 4) is 0 Å². The summed E-state index contributed by atoms with van der Waals surface area (Å²) >= 11 is 0. The smallest absolute Gasteiger partial charge is 0.404 e. The molecule has 0 aliphatic rings. The quantitative estimate of drug-likeness (QED) is 0.241. The van der Waals surface area contributed by atoms with Crippen molar-refractivity contribution in [3.63, 3.8) is 0 Å². The lowest BCUT2D eigenvalue weighted by atomic mass is 10.1. The predicted octanol–water partition coefficient (Wildman–Crippen LogP) is -0.294. The van der Waals surface area contributed by atoms with Gasteiger partial charge in [0, 0.05) is 0 Å². The molecule has 10 heteroatoms. The van der Waals surface area contributed by atoms with E-state index in [4.69, 9.17) is 11.6 Å². The molecule has 0 atom stereocenters. The molecular weight excluding hydrogens is 270 g/mol. The van der Waals surface area contributed by atoms with E-state index in [-0.39, 0.29) is 24.4 Å².